The highest BCUT2D eigenvalue weighted by Crippen LogP contribution is 2.78. The first kappa shape index (κ1) is 20.0. The third-order valence-electron chi connectivity index (χ3n) is 10.5. The normalized spacial score (nSPS) is 54.3. The molecule has 6 heteroatoms. The Labute approximate surface area is 183 Å². The van der Waals surface area contributed by atoms with Crippen molar-refractivity contribution >= 4 is 17.7 Å². The molecule has 4 aliphatic carbocycles. The lowest BCUT2D eigenvalue weighted by atomic mass is 9.43. The van der Waals surface area contributed by atoms with Crippen LogP contribution in [0.2, 0.25) is 0 Å². The zero-order valence-electron chi connectivity index (χ0n) is 18.9. The fourth-order valence-electron chi connectivity index (χ4n) is 9.01. The predicted molar refractivity (Wildman–Crippen MR) is 110 cm³/mol. The Kier molecular flexibility index (Phi) is 3.74. The van der Waals surface area contributed by atoms with Gasteiger partial charge in [0, 0.05) is 29.1 Å². The first-order valence-corrected chi connectivity index (χ1v) is 11.8. The number of carbonyl (C=O) groups excluding carboxylic acids is 3. The fourth-order valence-corrected chi connectivity index (χ4v) is 9.01. The van der Waals surface area contributed by atoms with Gasteiger partial charge in [0.2, 0.25) is 0 Å². The first-order valence-electron chi connectivity index (χ1n) is 11.8. The lowest BCUT2D eigenvalue weighted by Gasteiger charge is -2.59. The van der Waals surface area contributed by atoms with Gasteiger partial charge in [-0.1, -0.05) is 26.3 Å². The number of carbonyl (C=O) groups is 3. The monoisotopic (exact) mass is 428 g/mol. The summed E-state index contributed by atoms with van der Waals surface area (Å²) in [7, 11) is 1.45. The molecule has 6 nitrogen and oxygen atoms in total. The van der Waals surface area contributed by atoms with Crippen molar-refractivity contribution in [2.45, 2.75) is 83.0 Å². The summed E-state index contributed by atoms with van der Waals surface area (Å²) < 4.78 is 18.0. The number of hydrogen-bond acceptors (Lipinski definition) is 6. The number of fused-ring (bicyclic) bond motifs is 4. The van der Waals surface area contributed by atoms with E-state index in [2.05, 4.69) is 13.8 Å². The van der Waals surface area contributed by atoms with E-state index >= 15 is 0 Å². The van der Waals surface area contributed by atoms with E-state index in [4.69, 9.17) is 14.2 Å². The van der Waals surface area contributed by atoms with Crippen LogP contribution < -0.4 is 0 Å². The van der Waals surface area contributed by atoms with E-state index in [9.17, 15) is 14.4 Å². The number of hydrogen-bond donors (Lipinski definition) is 0. The minimum atomic E-state index is -0.430. The number of esters is 2. The van der Waals surface area contributed by atoms with Crippen LogP contribution in [0.4, 0.5) is 0 Å². The molecular formula is C25H32O6. The van der Waals surface area contributed by atoms with E-state index in [1.54, 1.807) is 6.08 Å². The van der Waals surface area contributed by atoms with Gasteiger partial charge in [-0.25, -0.2) is 0 Å². The Morgan fingerprint density at radius 2 is 1.97 bits per heavy atom. The summed E-state index contributed by atoms with van der Waals surface area (Å²) >= 11 is 0. The molecule has 0 N–H and O–H groups in total. The van der Waals surface area contributed by atoms with Crippen molar-refractivity contribution in [1.82, 2.24) is 0 Å². The van der Waals surface area contributed by atoms with Gasteiger partial charge in [0.1, 0.15) is 11.2 Å². The summed E-state index contributed by atoms with van der Waals surface area (Å²) in [6.07, 6.45) is 7.04. The average molecular weight is 429 g/mol. The number of rotatable bonds is 1. The van der Waals surface area contributed by atoms with Crippen molar-refractivity contribution in [3.63, 3.8) is 0 Å². The summed E-state index contributed by atoms with van der Waals surface area (Å²) in [6.45, 7) is 6.53. The Hall–Kier alpha value is -1.69. The summed E-state index contributed by atoms with van der Waals surface area (Å²) in [5.41, 5.74) is -0.241. The van der Waals surface area contributed by atoms with Gasteiger partial charge in [-0.3, -0.25) is 14.4 Å². The molecule has 6 rings (SSSR count). The average Bonchev–Trinajstić information content (AvgIpc) is 3.21. The highest BCUT2D eigenvalue weighted by atomic mass is 16.6. The molecule has 3 saturated carbocycles. The second-order valence-electron chi connectivity index (χ2n) is 11.5. The molecule has 2 spiro atoms. The first-order chi connectivity index (χ1) is 14.6. The van der Waals surface area contributed by atoms with Gasteiger partial charge < -0.3 is 14.2 Å². The topological polar surface area (TPSA) is 82.2 Å². The lowest BCUT2D eigenvalue weighted by molar-refractivity contribution is -0.172. The quantitative estimate of drug-likeness (QED) is 0.470. The standard InChI is InChI=1S/C25H32O6/c1-13-11-22(2)14(10-17(13)26)9-15(21(28)29-4)20-16-5-7-24(8-6-19(27)31-24)23(16,3)12-18-25(20,22)30-18/h10,13,15-16,18,20H,5-9,11-12H2,1-4H3/t13?,15?,16?,18-,20?,22+,23+,24-,25-/m1/s1. The highest BCUT2D eigenvalue weighted by Gasteiger charge is 2.83. The maximum absolute atomic E-state index is 13.1. The van der Waals surface area contributed by atoms with E-state index in [1.807, 2.05) is 6.92 Å². The molecule has 0 aromatic heterocycles. The van der Waals surface area contributed by atoms with Gasteiger partial charge in [0.05, 0.1) is 19.1 Å². The second kappa shape index (κ2) is 5.81. The molecule has 2 aliphatic heterocycles. The lowest BCUT2D eigenvalue weighted by Crippen LogP contribution is -2.63. The Balaban J connectivity index is 1.49. The molecule has 6 aliphatic rings. The maximum atomic E-state index is 13.1. The molecule has 2 heterocycles. The molecule has 0 aromatic rings. The minimum Gasteiger partial charge on any atom is -0.469 e. The van der Waals surface area contributed by atoms with Crippen LogP contribution in [0, 0.1) is 34.5 Å². The van der Waals surface area contributed by atoms with Crippen molar-refractivity contribution in [2.24, 2.45) is 34.5 Å². The second-order valence-corrected chi connectivity index (χ2v) is 11.5. The van der Waals surface area contributed by atoms with E-state index in [1.165, 1.54) is 7.11 Å². The molecule has 9 atom stereocenters. The molecule has 2 saturated heterocycles. The summed E-state index contributed by atoms with van der Waals surface area (Å²) in [5, 5.41) is 0. The van der Waals surface area contributed by atoms with E-state index in [0.717, 1.165) is 37.7 Å². The van der Waals surface area contributed by atoms with Crippen LogP contribution in [0.5, 0.6) is 0 Å². The Morgan fingerprint density at radius 3 is 2.65 bits per heavy atom. The van der Waals surface area contributed by atoms with Crippen molar-refractivity contribution in [3.8, 4) is 0 Å². The highest BCUT2D eigenvalue weighted by molar-refractivity contribution is 5.94. The number of epoxide rings is 1. The van der Waals surface area contributed by atoms with Gasteiger partial charge in [0.15, 0.2) is 5.78 Å². The molecular weight excluding hydrogens is 396 g/mol. The van der Waals surface area contributed by atoms with Gasteiger partial charge in [0.25, 0.3) is 0 Å². The SMILES string of the molecule is COC(=O)C1CC2=CC(=O)C(C)C[C@]2(C)[C@@]23O[C@@H]2C[C@@]2(C)C(CC[C@@]24CCC(=O)O4)C13. The van der Waals surface area contributed by atoms with E-state index in [-0.39, 0.29) is 58.3 Å². The van der Waals surface area contributed by atoms with Crippen LogP contribution in [0.1, 0.15) is 65.7 Å². The van der Waals surface area contributed by atoms with Crippen molar-refractivity contribution in [3.05, 3.63) is 11.6 Å². The summed E-state index contributed by atoms with van der Waals surface area (Å²) in [6, 6.07) is 0. The Morgan fingerprint density at radius 1 is 1.19 bits per heavy atom. The Bertz CT molecular complexity index is 938. The summed E-state index contributed by atoms with van der Waals surface area (Å²) in [5.74, 6) is -0.268. The van der Waals surface area contributed by atoms with Crippen molar-refractivity contribution < 1.29 is 28.6 Å². The largest absolute Gasteiger partial charge is 0.469 e. The molecule has 4 unspecified atom stereocenters. The summed E-state index contributed by atoms with van der Waals surface area (Å²) in [4.78, 5) is 37.8. The van der Waals surface area contributed by atoms with Crippen LogP contribution in [0.15, 0.2) is 11.6 Å². The van der Waals surface area contributed by atoms with E-state index < -0.39 is 11.2 Å². The number of methoxy groups -OCH3 is 1. The van der Waals surface area contributed by atoms with Crippen LogP contribution in [0.3, 0.4) is 0 Å². The van der Waals surface area contributed by atoms with Crippen LogP contribution in [-0.2, 0) is 28.6 Å². The van der Waals surface area contributed by atoms with Gasteiger partial charge in [-0.05, 0) is 50.5 Å². The molecule has 0 bridgehead atoms. The zero-order valence-corrected chi connectivity index (χ0v) is 18.9. The number of ketones is 1. The van der Waals surface area contributed by atoms with Gasteiger partial charge >= 0.3 is 11.9 Å². The molecule has 0 aromatic carbocycles. The van der Waals surface area contributed by atoms with Gasteiger partial charge in [-0.2, -0.15) is 0 Å². The number of ether oxygens (including phenoxy) is 3. The molecule has 5 fully saturated rings. The third-order valence-corrected chi connectivity index (χ3v) is 10.5. The smallest absolute Gasteiger partial charge is 0.309 e. The molecule has 168 valence electrons. The van der Waals surface area contributed by atoms with Gasteiger partial charge in [-0.15, -0.1) is 0 Å². The van der Waals surface area contributed by atoms with Crippen molar-refractivity contribution in [1.29, 1.82) is 0 Å². The minimum absolute atomic E-state index is 0.0185. The fraction of sp³-hybridized carbons (Fsp3) is 0.800. The molecule has 0 radical (unpaired) electrons. The predicted octanol–water partition coefficient (Wildman–Crippen LogP) is 3.37. The van der Waals surface area contributed by atoms with Crippen LogP contribution in [0.25, 0.3) is 0 Å². The van der Waals surface area contributed by atoms with Crippen molar-refractivity contribution in [2.75, 3.05) is 7.11 Å². The van der Waals surface area contributed by atoms with E-state index in [0.29, 0.717) is 12.8 Å². The zero-order chi connectivity index (χ0) is 22.0. The van der Waals surface area contributed by atoms with Crippen LogP contribution >= 0.6 is 0 Å². The third kappa shape index (κ3) is 2.11. The molecule has 31 heavy (non-hydrogen) atoms. The molecule has 0 amide bonds. The van der Waals surface area contributed by atoms with Crippen LogP contribution in [-0.4, -0.2) is 42.1 Å². The maximum Gasteiger partial charge on any atom is 0.309 e.